The fraction of sp³-hybridized carbons (Fsp3) is 0.222. The average molecular weight is 361 g/mol. The van der Waals surface area contributed by atoms with Crippen molar-refractivity contribution in [3.05, 3.63) is 58.8 Å². The Hall–Kier alpha value is -3.16. The minimum atomic E-state index is -0.979. The van der Waals surface area contributed by atoms with Crippen LogP contribution in [0.1, 0.15) is 26.3 Å². The molecule has 0 spiro atoms. The number of nitrogens with two attached hydrogens (primary N) is 2. The lowest BCUT2D eigenvalue weighted by Crippen LogP contribution is -2.20. The van der Waals surface area contributed by atoms with Gasteiger partial charge in [-0.15, -0.1) is 0 Å². The van der Waals surface area contributed by atoms with Crippen molar-refractivity contribution in [3.8, 4) is 0 Å². The highest BCUT2D eigenvalue weighted by Crippen LogP contribution is 2.17. The summed E-state index contributed by atoms with van der Waals surface area (Å²) in [5, 5.41) is 15.8. The Morgan fingerprint density at radius 1 is 1.19 bits per heavy atom. The topological polar surface area (TPSA) is 129 Å². The van der Waals surface area contributed by atoms with Crippen LogP contribution in [0.2, 0.25) is 0 Å². The number of Topliss-reactive ketones (excluding diaryl/α,β-unsaturated/α-hetero) is 1. The van der Waals surface area contributed by atoms with Crippen LogP contribution in [0, 0.1) is 28.4 Å². The summed E-state index contributed by atoms with van der Waals surface area (Å²) in [6.07, 6.45) is 2.42. The number of benzene rings is 1. The molecule has 0 saturated heterocycles. The fourth-order valence-electron chi connectivity index (χ4n) is 1.91. The molecule has 0 unspecified atom stereocenters. The summed E-state index contributed by atoms with van der Waals surface area (Å²) >= 11 is 0. The standard InChI is InChI=1S/C18H21F2N5O/c1-9(2)18(24)25-15(22)7-6-14(21)16(10(3)26)17(23)12-5-4-11(19)8-13(12)20/h4-9,23H,21H2,1-3H3,(H3,22,24,25)/b7-6-,16-14+,23-17?. The molecule has 0 heterocycles. The molecule has 6 N–H and O–H groups in total. The maximum absolute atomic E-state index is 13.9. The number of carbonyl (C=O) groups excluding carboxylic acids is 1. The predicted molar refractivity (Wildman–Crippen MR) is 98.4 cm³/mol. The first-order valence-corrected chi connectivity index (χ1v) is 7.70. The molecule has 8 heteroatoms. The van der Waals surface area contributed by atoms with E-state index in [1.165, 1.54) is 19.1 Å². The largest absolute Gasteiger partial charge is 0.398 e. The van der Waals surface area contributed by atoms with Crippen LogP contribution in [-0.4, -0.2) is 23.2 Å². The zero-order valence-corrected chi connectivity index (χ0v) is 14.7. The maximum atomic E-state index is 13.9. The molecule has 6 nitrogen and oxygen atoms in total. The molecular weight excluding hydrogens is 340 g/mol. The number of ketones is 1. The third kappa shape index (κ3) is 5.44. The summed E-state index contributed by atoms with van der Waals surface area (Å²) in [5.74, 6) is -2.32. The highest BCUT2D eigenvalue weighted by molar-refractivity contribution is 6.27. The molecule has 0 bridgehead atoms. The molecule has 1 aromatic rings. The van der Waals surface area contributed by atoms with E-state index in [9.17, 15) is 13.6 Å². The van der Waals surface area contributed by atoms with Gasteiger partial charge >= 0.3 is 0 Å². The van der Waals surface area contributed by atoms with E-state index < -0.39 is 23.1 Å². The number of halogens is 2. The third-order valence-corrected chi connectivity index (χ3v) is 3.35. The van der Waals surface area contributed by atoms with E-state index in [-0.39, 0.29) is 34.4 Å². The van der Waals surface area contributed by atoms with Crippen LogP contribution >= 0.6 is 0 Å². The first kappa shape index (κ1) is 20.9. The molecule has 0 atom stereocenters. The Kier molecular flexibility index (Phi) is 7.06. The SMILES string of the molecule is CC(=O)/C(C(=N)c1ccc(F)cc1F)=C(N)/C=C\C(=N)N=C(N)C(C)C. The minimum absolute atomic E-state index is 0.0425. The van der Waals surface area contributed by atoms with Crippen LogP contribution in [0.25, 0.3) is 0 Å². The van der Waals surface area contributed by atoms with Crippen LogP contribution in [0.5, 0.6) is 0 Å². The van der Waals surface area contributed by atoms with Gasteiger partial charge in [0.15, 0.2) is 5.78 Å². The minimum Gasteiger partial charge on any atom is -0.398 e. The quantitative estimate of drug-likeness (QED) is 0.269. The Labute approximate surface area is 150 Å². The number of carbonyl (C=O) groups is 1. The molecule has 0 aliphatic carbocycles. The lowest BCUT2D eigenvalue weighted by Gasteiger charge is -2.10. The zero-order valence-electron chi connectivity index (χ0n) is 14.7. The smallest absolute Gasteiger partial charge is 0.164 e. The molecule has 0 saturated carbocycles. The van der Waals surface area contributed by atoms with Gasteiger partial charge in [0, 0.05) is 23.2 Å². The van der Waals surface area contributed by atoms with Gasteiger partial charge in [-0.3, -0.25) is 15.6 Å². The van der Waals surface area contributed by atoms with Crippen LogP contribution in [0.3, 0.4) is 0 Å². The van der Waals surface area contributed by atoms with Gasteiger partial charge in [0.2, 0.25) is 0 Å². The number of aliphatic imine (C=N–C) groups is 1. The Morgan fingerprint density at radius 2 is 1.81 bits per heavy atom. The van der Waals surface area contributed by atoms with Crippen molar-refractivity contribution in [2.75, 3.05) is 0 Å². The summed E-state index contributed by atoms with van der Waals surface area (Å²) in [6, 6.07) is 2.66. The van der Waals surface area contributed by atoms with Crippen LogP contribution in [0.4, 0.5) is 8.78 Å². The van der Waals surface area contributed by atoms with Crippen molar-refractivity contribution in [1.29, 1.82) is 10.8 Å². The first-order chi connectivity index (χ1) is 12.0. The van der Waals surface area contributed by atoms with Crippen molar-refractivity contribution in [2.45, 2.75) is 20.8 Å². The zero-order chi connectivity index (χ0) is 20.0. The number of allylic oxidation sites excluding steroid dienone is 2. The Bertz CT molecular complexity index is 838. The second-order valence-corrected chi connectivity index (χ2v) is 5.80. The van der Waals surface area contributed by atoms with E-state index in [2.05, 4.69) is 4.99 Å². The summed E-state index contributed by atoms with van der Waals surface area (Å²) in [7, 11) is 0. The van der Waals surface area contributed by atoms with Gasteiger partial charge in [-0.05, 0) is 31.2 Å². The summed E-state index contributed by atoms with van der Waals surface area (Å²) < 4.78 is 26.9. The average Bonchev–Trinajstić information content (AvgIpc) is 2.52. The predicted octanol–water partition coefficient (Wildman–Crippen LogP) is 2.68. The molecule has 1 rings (SSSR count). The number of nitrogens with one attached hydrogen (secondary N) is 2. The molecule has 1 aromatic carbocycles. The molecule has 0 aliphatic heterocycles. The van der Waals surface area contributed by atoms with E-state index in [0.717, 1.165) is 12.1 Å². The molecule has 138 valence electrons. The second kappa shape index (κ2) is 8.80. The number of nitrogens with zero attached hydrogens (tertiary/aromatic N) is 1. The van der Waals surface area contributed by atoms with Gasteiger partial charge in [-0.25, -0.2) is 13.8 Å². The number of rotatable bonds is 6. The van der Waals surface area contributed by atoms with Crippen molar-refractivity contribution in [1.82, 2.24) is 0 Å². The van der Waals surface area contributed by atoms with Gasteiger partial charge in [0.1, 0.15) is 23.3 Å². The van der Waals surface area contributed by atoms with Crippen molar-refractivity contribution >= 4 is 23.2 Å². The van der Waals surface area contributed by atoms with Gasteiger partial charge in [-0.1, -0.05) is 13.8 Å². The van der Waals surface area contributed by atoms with Crippen LogP contribution in [-0.2, 0) is 4.79 Å². The number of amidine groups is 2. The molecule has 0 amide bonds. The summed E-state index contributed by atoms with van der Waals surface area (Å²) in [4.78, 5) is 15.7. The first-order valence-electron chi connectivity index (χ1n) is 7.70. The number of hydrogen-bond acceptors (Lipinski definition) is 4. The van der Waals surface area contributed by atoms with Gasteiger partial charge in [0.05, 0.1) is 11.3 Å². The lowest BCUT2D eigenvalue weighted by atomic mass is 9.97. The molecule has 26 heavy (non-hydrogen) atoms. The van der Waals surface area contributed by atoms with E-state index in [1.807, 2.05) is 13.8 Å². The van der Waals surface area contributed by atoms with E-state index in [0.29, 0.717) is 6.07 Å². The Balaban J connectivity index is 3.23. The molecule has 0 aromatic heterocycles. The van der Waals surface area contributed by atoms with E-state index in [1.54, 1.807) is 0 Å². The molecule has 0 radical (unpaired) electrons. The lowest BCUT2D eigenvalue weighted by molar-refractivity contribution is -0.113. The highest BCUT2D eigenvalue weighted by Gasteiger charge is 2.19. The van der Waals surface area contributed by atoms with Crippen molar-refractivity contribution in [2.24, 2.45) is 22.4 Å². The van der Waals surface area contributed by atoms with Crippen molar-refractivity contribution in [3.63, 3.8) is 0 Å². The highest BCUT2D eigenvalue weighted by atomic mass is 19.1. The Morgan fingerprint density at radius 3 is 2.31 bits per heavy atom. The second-order valence-electron chi connectivity index (χ2n) is 5.80. The van der Waals surface area contributed by atoms with Gasteiger partial charge < -0.3 is 11.5 Å². The van der Waals surface area contributed by atoms with Crippen LogP contribution < -0.4 is 11.5 Å². The molecule has 0 fully saturated rings. The fourth-order valence-corrected chi connectivity index (χ4v) is 1.91. The maximum Gasteiger partial charge on any atom is 0.164 e. The van der Waals surface area contributed by atoms with Gasteiger partial charge in [0.25, 0.3) is 0 Å². The van der Waals surface area contributed by atoms with Crippen LogP contribution in [0.15, 0.2) is 46.6 Å². The van der Waals surface area contributed by atoms with Crippen molar-refractivity contribution < 1.29 is 13.6 Å². The summed E-state index contributed by atoms with van der Waals surface area (Å²) in [6.45, 7) is 4.80. The molecule has 0 aliphatic rings. The van der Waals surface area contributed by atoms with Gasteiger partial charge in [-0.2, -0.15) is 0 Å². The normalized spacial score (nSPS) is 13.1. The summed E-state index contributed by atoms with van der Waals surface area (Å²) in [5.41, 5.74) is 10.4. The number of hydrogen-bond donors (Lipinski definition) is 4. The monoisotopic (exact) mass is 361 g/mol. The van der Waals surface area contributed by atoms with E-state index in [4.69, 9.17) is 22.3 Å². The third-order valence-electron chi connectivity index (χ3n) is 3.35. The molecular formula is C18H21F2N5O. The van der Waals surface area contributed by atoms with E-state index >= 15 is 0 Å².